The minimum Gasteiger partial charge on any atom is -0.384 e. The fourth-order valence-electron chi connectivity index (χ4n) is 3.14. The Kier molecular flexibility index (Phi) is 4.45. The number of aromatic nitrogens is 1. The average molecular weight is 301 g/mol. The summed E-state index contributed by atoms with van der Waals surface area (Å²) >= 11 is 6.07. The van der Waals surface area contributed by atoms with E-state index in [1.807, 2.05) is 6.07 Å². The van der Waals surface area contributed by atoms with Crippen molar-refractivity contribution in [2.24, 2.45) is 0 Å². The predicted octanol–water partition coefficient (Wildman–Crippen LogP) is 4.83. The second kappa shape index (κ2) is 6.48. The van der Waals surface area contributed by atoms with Gasteiger partial charge in [-0.15, -0.1) is 0 Å². The van der Waals surface area contributed by atoms with Crippen molar-refractivity contribution < 1.29 is 0 Å². The molecular weight excluding hydrogens is 280 g/mol. The maximum absolute atomic E-state index is 6.07. The van der Waals surface area contributed by atoms with Crippen LogP contribution in [0.1, 0.15) is 42.5 Å². The smallest absolute Gasteiger partial charge is 0.129 e. The van der Waals surface area contributed by atoms with E-state index in [2.05, 4.69) is 47.6 Å². The van der Waals surface area contributed by atoms with E-state index in [0.29, 0.717) is 11.1 Å². The first-order valence-corrected chi connectivity index (χ1v) is 8.13. The number of benzene rings is 1. The molecule has 0 radical (unpaired) electrons. The second-order valence-electron chi connectivity index (χ2n) is 5.69. The number of para-hydroxylation sites is 1. The average Bonchev–Trinajstić information content (AvgIpc) is 2.71. The second-order valence-corrected chi connectivity index (χ2v) is 6.08. The molecule has 1 N–H and O–H groups in total. The Morgan fingerprint density at radius 1 is 1.24 bits per heavy atom. The van der Waals surface area contributed by atoms with E-state index in [0.717, 1.165) is 32.2 Å². The number of aryl methyl sites for hydroxylation is 2. The molecule has 1 aromatic carbocycles. The maximum Gasteiger partial charge on any atom is 0.129 e. The molecule has 1 aromatic heterocycles. The lowest BCUT2D eigenvalue weighted by Crippen LogP contribution is -2.13. The number of fused-ring (bicyclic) bond motifs is 1. The Balaban J connectivity index is 1.86. The van der Waals surface area contributed by atoms with Crippen molar-refractivity contribution in [3.05, 3.63) is 58.4 Å². The van der Waals surface area contributed by atoms with Gasteiger partial charge in [-0.25, -0.2) is 4.98 Å². The number of nitrogens with one attached hydrogen (secondary N) is 1. The molecule has 0 bridgehead atoms. The third-order valence-electron chi connectivity index (χ3n) is 4.22. The van der Waals surface area contributed by atoms with Crippen molar-refractivity contribution in [3.8, 4) is 0 Å². The highest BCUT2D eigenvalue weighted by atomic mass is 35.5. The largest absolute Gasteiger partial charge is 0.384 e. The number of hydrogen-bond donors (Lipinski definition) is 1. The number of hydrogen-bond acceptors (Lipinski definition) is 2. The van der Waals surface area contributed by atoms with Crippen LogP contribution in [0.5, 0.6) is 0 Å². The maximum atomic E-state index is 6.07. The van der Waals surface area contributed by atoms with Gasteiger partial charge >= 0.3 is 0 Å². The third kappa shape index (κ3) is 3.21. The molecule has 1 aliphatic rings. The van der Waals surface area contributed by atoms with Gasteiger partial charge in [0.1, 0.15) is 5.15 Å². The Bertz CT molecular complexity index is 597. The minimum atomic E-state index is 0.503. The molecular formula is C18H21ClN2. The highest BCUT2D eigenvalue weighted by molar-refractivity contribution is 6.29. The normalized spacial score (nSPS) is 17.7. The summed E-state index contributed by atoms with van der Waals surface area (Å²) in [5.74, 6) is 0.503. The van der Waals surface area contributed by atoms with Gasteiger partial charge in [0.2, 0.25) is 0 Å². The molecule has 0 saturated carbocycles. The van der Waals surface area contributed by atoms with Crippen LogP contribution >= 0.6 is 11.6 Å². The van der Waals surface area contributed by atoms with Crippen LogP contribution in [-0.2, 0) is 12.8 Å². The summed E-state index contributed by atoms with van der Waals surface area (Å²) in [5, 5.41) is 4.20. The van der Waals surface area contributed by atoms with Gasteiger partial charge in [0.05, 0.1) is 0 Å². The molecule has 21 heavy (non-hydrogen) atoms. The first-order valence-electron chi connectivity index (χ1n) is 7.75. The van der Waals surface area contributed by atoms with E-state index in [4.69, 9.17) is 11.6 Å². The lowest BCUT2D eigenvalue weighted by molar-refractivity contribution is 0.650. The summed E-state index contributed by atoms with van der Waals surface area (Å²) in [6, 6.07) is 12.7. The van der Waals surface area contributed by atoms with Crippen molar-refractivity contribution in [1.82, 2.24) is 4.98 Å². The highest BCUT2D eigenvalue weighted by Crippen LogP contribution is 2.31. The molecule has 0 fully saturated rings. The fourth-order valence-corrected chi connectivity index (χ4v) is 3.30. The Morgan fingerprint density at radius 3 is 2.95 bits per heavy atom. The Labute approximate surface area is 131 Å². The standard InChI is InChI=1S/C18H21ClN2/c1-2-5-17-15(10-11-18(19)21-17)14-9-8-13-6-3-4-7-16(13)20-12-14/h3-4,6-7,10-11,14,20H,2,5,8-9,12H2,1H3. The van der Waals surface area contributed by atoms with Gasteiger partial charge in [0, 0.05) is 23.8 Å². The quantitative estimate of drug-likeness (QED) is 0.821. The molecule has 110 valence electrons. The number of pyridine rings is 1. The minimum absolute atomic E-state index is 0.503. The first-order chi connectivity index (χ1) is 10.3. The summed E-state index contributed by atoms with van der Waals surface area (Å²) in [5.41, 5.74) is 5.22. The molecule has 2 nitrogen and oxygen atoms in total. The predicted molar refractivity (Wildman–Crippen MR) is 89.2 cm³/mol. The summed E-state index contributed by atoms with van der Waals surface area (Å²) in [7, 11) is 0. The monoisotopic (exact) mass is 300 g/mol. The number of anilines is 1. The lowest BCUT2D eigenvalue weighted by atomic mass is 9.91. The van der Waals surface area contributed by atoms with Crippen LogP contribution in [0.4, 0.5) is 5.69 Å². The van der Waals surface area contributed by atoms with Crippen molar-refractivity contribution in [3.63, 3.8) is 0 Å². The van der Waals surface area contributed by atoms with Gasteiger partial charge in [0.25, 0.3) is 0 Å². The number of rotatable bonds is 3. The number of halogens is 1. The van der Waals surface area contributed by atoms with Crippen LogP contribution in [0.3, 0.4) is 0 Å². The Morgan fingerprint density at radius 2 is 2.10 bits per heavy atom. The first kappa shape index (κ1) is 14.4. The molecule has 2 heterocycles. The highest BCUT2D eigenvalue weighted by Gasteiger charge is 2.20. The summed E-state index contributed by atoms with van der Waals surface area (Å²) in [4.78, 5) is 4.56. The Hall–Kier alpha value is -1.54. The molecule has 3 rings (SSSR count). The van der Waals surface area contributed by atoms with Crippen LogP contribution in [0.2, 0.25) is 5.15 Å². The molecule has 1 atom stereocenters. The third-order valence-corrected chi connectivity index (χ3v) is 4.43. The fraction of sp³-hybridized carbons (Fsp3) is 0.389. The van der Waals surface area contributed by atoms with Crippen molar-refractivity contribution >= 4 is 17.3 Å². The van der Waals surface area contributed by atoms with Crippen LogP contribution in [0.15, 0.2) is 36.4 Å². The van der Waals surface area contributed by atoms with Gasteiger partial charge in [-0.05, 0) is 42.5 Å². The van der Waals surface area contributed by atoms with Crippen molar-refractivity contribution in [1.29, 1.82) is 0 Å². The van der Waals surface area contributed by atoms with E-state index in [1.54, 1.807) is 0 Å². The van der Waals surface area contributed by atoms with Gasteiger partial charge in [-0.3, -0.25) is 0 Å². The SMILES string of the molecule is CCCc1nc(Cl)ccc1C1CCc2ccccc2NC1. The van der Waals surface area contributed by atoms with E-state index in [-0.39, 0.29) is 0 Å². The lowest BCUT2D eigenvalue weighted by Gasteiger charge is -2.18. The molecule has 0 aliphatic carbocycles. The van der Waals surface area contributed by atoms with Crippen LogP contribution in [0.25, 0.3) is 0 Å². The van der Waals surface area contributed by atoms with Crippen LogP contribution in [0, 0.1) is 0 Å². The van der Waals surface area contributed by atoms with E-state index >= 15 is 0 Å². The van der Waals surface area contributed by atoms with Gasteiger partial charge in [-0.2, -0.15) is 0 Å². The van der Waals surface area contributed by atoms with Gasteiger partial charge in [-0.1, -0.05) is 49.2 Å². The van der Waals surface area contributed by atoms with Gasteiger partial charge < -0.3 is 5.32 Å². The van der Waals surface area contributed by atoms with E-state index in [9.17, 15) is 0 Å². The van der Waals surface area contributed by atoms with Crippen LogP contribution in [-0.4, -0.2) is 11.5 Å². The summed E-state index contributed by atoms with van der Waals surface area (Å²) in [6.45, 7) is 3.16. The zero-order chi connectivity index (χ0) is 14.7. The zero-order valence-corrected chi connectivity index (χ0v) is 13.2. The molecule has 0 spiro atoms. The molecule has 1 aliphatic heterocycles. The zero-order valence-electron chi connectivity index (χ0n) is 12.4. The topological polar surface area (TPSA) is 24.9 Å². The summed E-state index contributed by atoms with van der Waals surface area (Å²) in [6.07, 6.45) is 4.37. The molecule has 0 saturated heterocycles. The van der Waals surface area contributed by atoms with E-state index in [1.165, 1.54) is 22.5 Å². The van der Waals surface area contributed by atoms with Gasteiger partial charge in [0.15, 0.2) is 0 Å². The number of nitrogens with zero attached hydrogens (tertiary/aromatic N) is 1. The van der Waals surface area contributed by atoms with Crippen molar-refractivity contribution in [2.45, 2.75) is 38.5 Å². The molecule has 0 amide bonds. The summed E-state index contributed by atoms with van der Waals surface area (Å²) < 4.78 is 0. The van der Waals surface area contributed by atoms with E-state index < -0.39 is 0 Å². The molecule has 2 aromatic rings. The molecule has 3 heteroatoms. The van der Waals surface area contributed by atoms with Crippen LogP contribution < -0.4 is 5.32 Å². The molecule has 1 unspecified atom stereocenters. The van der Waals surface area contributed by atoms with Crippen molar-refractivity contribution in [2.75, 3.05) is 11.9 Å².